The van der Waals surface area contributed by atoms with Crippen molar-refractivity contribution < 1.29 is 28.2 Å². The summed E-state index contributed by atoms with van der Waals surface area (Å²) >= 11 is 19.5. The Kier molecular flexibility index (Phi) is 12.5. The van der Waals surface area contributed by atoms with E-state index in [0.29, 0.717) is 54.8 Å². The Morgan fingerprint density at radius 1 is 0.943 bits per heavy atom. The monoisotopic (exact) mass is 806 g/mol. The Bertz CT molecular complexity index is 1930. The molecule has 0 bridgehead atoms. The van der Waals surface area contributed by atoms with Crippen LogP contribution in [-0.4, -0.2) is 103 Å². The number of aliphatic hydroxyl groups is 2. The van der Waals surface area contributed by atoms with Gasteiger partial charge >= 0.3 is 6.03 Å². The largest absolute Gasteiger partial charge is 0.493 e. The predicted octanol–water partition coefficient (Wildman–Crippen LogP) is 7.24. The van der Waals surface area contributed by atoms with Gasteiger partial charge in [0.2, 0.25) is 0 Å². The van der Waals surface area contributed by atoms with Gasteiger partial charge in [-0.2, -0.15) is 0 Å². The van der Waals surface area contributed by atoms with Crippen LogP contribution in [0.4, 0.5) is 4.79 Å². The van der Waals surface area contributed by atoms with E-state index >= 15 is 4.79 Å². The molecule has 0 radical (unpaired) electrons. The van der Waals surface area contributed by atoms with Gasteiger partial charge in [0.15, 0.2) is 9.84 Å². The van der Waals surface area contributed by atoms with Crippen LogP contribution >= 0.6 is 34.8 Å². The second kappa shape index (κ2) is 16.1. The Balaban J connectivity index is 1.74. The summed E-state index contributed by atoms with van der Waals surface area (Å²) in [4.78, 5) is 26.2. The number of carbonyl (C=O) groups is 1. The standard InChI is InChI=1S/C39H49Cl3N4O6S/c1-7-52-33-23-32(42)34(53(50,51)25-37(2,3)4)22-31(33)35-43-38(5,26-8-12-28(40)13-9-26)39(6,27-10-14-29(41)15-11-27)46(35)36(49)45-20-18-44(19-21-45)17-16-30(48)24-47/h8-15,22-23,30,47-48H,7,16-21,24-25H2,1-6H3/t30?,38-,39+/m0/s1. The molecular formula is C39H49Cl3N4O6S. The van der Waals surface area contributed by atoms with Crippen LogP contribution in [0, 0.1) is 5.41 Å². The number of nitrogens with zero attached hydrogens (tertiary/aromatic N) is 4. The first-order valence-corrected chi connectivity index (χ1v) is 20.5. The van der Waals surface area contributed by atoms with E-state index in [1.54, 1.807) is 34.1 Å². The maximum absolute atomic E-state index is 15.3. The van der Waals surface area contributed by atoms with Crippen molar-refractivity contribution in [2.75, 3.05) is 51.7 Å². The number of aliphatic imine (C=N–C) groups is 1. The summed E-state index contributed by atoms with van der Waals surface area (Å²) in [5.74, 6) is 0.355. The number of rotatable bonds is 11. The van der Waals surface area contributed by atoms with E-state index in [9.17, 15) is 18.6 Å². The van der Waals surface area contributed by atoms with Crippen molar-refractivity contribution in [1.29, 1.82) is 0 Å². The number of amidine groups is 1. The summed E-state index contributed by atoms with van der Waals surface area (Å²) in [5.41, 5.74) is -1.08. The number of piperazine rings is 1. The van der Waals surface area contributed by atoms with Crippen molar-refractivity contribution in [3.8, 4) is 5.75 Å². The summed E-state index contributed by atoms with van der Waals surface area (Å²) in [7, 11) is -3.91. The van der Waals surface area contributed by atoms with Crippen LogP contribution in [0.2, 0.25) is 15.1 Å². The van der Waals surface area contributed by atoms with Gasteiger partial charge in [0.25, 0.3) is 0 Å². The van der Waals surface area contributed by atoms with Crippen molar-refractivity contribution in [1.82, 2.24) is 14.7 Å². The molecule has 2 aliphatic rings. The van der Waals surface area contributed by atoms with E-state index in [0.717, 1.165) is 11.1 Å². The Labute approximate surface area is 328 Å². The van der Waals surface area contributed by atoms with Gasteiger partial charge in [0, 0.05) is 48.8 Å². The van der Waals surface area contributed by atoms with Gasteiger partial charge in [-0.15, -0.1) is 0 Å². The summed E-state index contributed by atoms with van der Waals surface area (Å²) in [6, 6.07) is 17.3. The molecule has 2 amide bonds. The minimum absolute atomic E-state index is 0.0151. The fourth-order valence-electron chi connectivity index (χ4n) is 7.17. The van der Waals surface area contributed by atoms with Crippen LogP contribution in [0.3, 0.4) is 0 Å². The quantitative estimate of drug-likeness (QED) is 0.210. The van der Waals surface area contributed by atoms with Crippen molar-refractivity contribution in [3.05, 3.63) is 92.4 Å². The zero-order valence-electron chi connectivity index (χ0n) is 31.1. The van der Waals surface area contributed by atoms with Crippen LogP contribution in [0.5, 0.6) is 5.75 Å². The third-order valence-corrected chi connectivity index (χ3v) is 13.3. The molecule has 5 rings (SSSR count). The lowest BCUT2D eigenvalue weighted by atomic mass is 9.71. The first-order chi connectivity index (χ1) is 24.8. The van der Waals surface area contributed by atoms with Crippen molar-refractivity contribution in [2.45, 2.75) is 70.0 Å². The molecule has 0 aromatic heterocycles. The number of hydrogen-bond donors (Lipinski definition) is 2. The van der Waals surface area contributed by atoms with E-state index in [1.165, 1.54) is 12.1 Å². The third-order valence-electron chi connectivity index (χ3n) is 10.1. The predicted molar refractivity (Wildman–Crippen MR) is 211 cm³/mol. The molecule has 10 nitrogen and oxygen atoms in total. The first kappa shape index (κ1) is 41.3. The van der Waals surface area contributed by atoms with Crippen molar-refractivity contribution in [2.24, 2.45) is 10.4 Å². The number of benzene rings is 3. The molecule has 288 valence electrons. The molecule has 3 aromatic rings. The summed E-state index contributed by atoms with van der Waals surface area (Å²) < 4.78 is 34.1. The molecule has 2 aliphatic heterocycles. The number of hydrogen-bond acceptors (Lipinski definition) is 8. The zero-order chi connectivity index (χ0) is 38.9. The van der Waals surface area contributed by atoms with Crippen LogP contribution in [0.15, 0.2) is 70.6 Å². The average molecular weight is 808 g/mol. The highest BCUT2D eigenvalue weighted by molar-refractivity contribution is 7.91. The van der Waals surface area contributed by atoms with Crippen molar-refractivity contribution >= 4 is 56.5 Å². The van der Waals surface area contributed by atoms with Crippen LogP contribution in [0.25, 0.3) is 0 Å². The molecule has 53 heavy (non-hydrogen) atoms. The normalized spacial score (nSPS) is 21.8. The van der Waals surface area contributed by atoms with E-state index in [2.05, 4.69) is 4.90 Å². The topological polar surface area (TPSA) is 123 Å². The molecule has 1 saturated heterocycles. The fourth-order valence-corrected chi connectivity index (χ4v) is 9.87. The first-order valence-electron chi connectivity index (χ1n) is 17.8. The number of halogens is 3. The smallest absolute Gasteiger partial charge is 0.326 e. The lowest BCUT2D eigenvalue weighted by Crippen LogP contribution is -2.60. The molecule has 3 aromatic carbocycles. The maximum Gasteiger partial charge on any atom is 0.326 e. The number of sulfone groups is 1. The minimum Gasteiger partial charge on any atom is -0.493 e. The molecule has 2 heterocycles. The Morgan fingerprint density at radius 3 is 2.04 bits per heavy atom. The van der Waals surface area contributed by atoms with E-state index < -0.39 is 32.4 Å². The Morgan fingerprint density at radius 2 is 1.51 bits per heavy atom. The second-order valence-electron chi connectivity index (χ2n) is 15.2. The third kappa shape index (κ3) is 8.52. The highest BCUT2D eigenvalue weighted by Crippen LogP contribution is 2.54. The molecule has 1 fully saturated rings. The molecule has 1 unspecified atom stereocenters. The second-order valence-corrected chi connectivity index (χ2v) is 18.4. The van der Waals surface area contributed by atoms with Crippen molar-refractivity contribution in [3.63, 3.8) is 0 Å². The van der Waals surface area contributed by atoms with Crippen LogP contribution in [-0.2, 0) is 20.9 Å². The Hall–Kier alpha value is -2.90. The highest BCUT2D eigenvalue weighted by atomic mass is 35.5. The number of amides is 2. The lowest BCUT2D eigenvalue weighted by molar-refractivity contribution is 0.0624. The molecule has 0 saturated carbocycles. The number of carbonyl (C=O) groups excluding carboxylic acids is 1. The van der Waals surface area contributed by atoms with Crippen LogP contribution in [0.1, 0.15) is 64.7 Å². The number of urea groups is 1. The van der Waals surface area contributed by atoms with Gasteiger partial charge in [-0.1, -0.05) is 79.8 Å². The number of ether oxygens (including phenoxy) is 1. The van der Waals surface area contributed by atoms with Gasteiger partial charge < -0.3 is 19.8 Å². The fraction of sp³-hybridized carbons (Fsp3) is 0.487. The summed E-state index contributed by atoms with van der Waals surface area (Å²) in [5, 5.41) is 20.3. The lowest BCUT2D eigenvalue weighted by Gasteiger charge is -2.47. The van der Waals surface area contributed by atoms with E-state index in [-0.39, 0.29) is 46.5 Å². The molecule has 14 heteroatoms. The number of aliphatic hydroxyl groups excluding tert-OH is 2. The maximum atomic E-state index is 15.3. The molecule has 0 spiro atoms. The minimum atomic E-state index is -3.91. The van der Waals surface area contributed by atoms with Gasteiger partial charge in [-0.25, -0.2) is 13.2 Å². The van der Waals surface area contributed by atoms with Gasteiger partial charge in [-0.3, -0.25) is 14.8 Å². The van der Waals surface area contributed by atoms with Gasteiger partial charge in [0.1, 0.15) is 22.7 Å². The summed E-state index contributed by atoms with van der Waals surface area (Å²) in [6.07, 6.45) is -0.390. The molecule has 0 aliphatic carbocycles. The van der Waals surface area contributed by atoms with E-state index in [1.807, 2.05) is 65.8 Å². The highest BCUT2D eigenvalue weighted by Gasteiger charge is 2.60. The average Bonchev–Trinajstić information content (AvgIpc) is 3.34. The molecular weight excluding hydrogens is 759 g/mol. The SMILES string of the molecule is CCOc1cc(Cl)c(S(=O)(=O)CC(C)(C)C)cc1C1=N[C@@](C)(c2ccc(Cl)cc2)[C@@](C)(c2ccc(Cl)cc2)N1C(=O)N1CCN(CCC(O)CO)CC1. The van der Waals surface area contributed by atoms with Crippen LogP contribution < -0.4 is 4.74 Å². The van der Waals surface area contributed by atoms with Gasteiger partial charge in [0.05, 0.1) is 40.6 Å². The van der Waals surface area contributed by atoms with Gasteiger partial charge in [-0.05, 0) is 74.1 Å². The molecule has 2 N–H and O–H groups in total. The van der Waals surface area contributed by atoms with E-state index in [4.69, 9.17) is 44.5 Å². The molecule has 3 atom stereocenters. The summed E-state index contributed by atoms with van der Waals surface area (Å²) in [6.45, 7) is 13.7. The zero-order valence-corrected chi connectivity index (χ0v) is 34.2.